The van der Waals surface area contributed by atoms with Gasteiger partial charge in [-0.15, -0.1) is 0 Å². The van der Waals surface area contributed by atoms with Gasteiger partial charge in [-0.25, -0.2) is 13.4 Å². The number of sulfonamides is 1. The number of imidazole rings is 1. The van der Waals surface area contributed by atoms with Gasteiger partial charge in [0.1, 0.15) is 18.9 Å². The number of carbonyl (C=O) groups is 1. The third-order valence-electron chi connectivity index (χ3n) is 2.36. The van der Waals surface area contributed by atoms with Crippen LogP contribution in [0.1, 0.15) is 5.82 Å². The molecule has 0 aliphatic heterocycles. The summed E-state index contributed by atoms with van der Waals surface area (Å²) in [7, 11) is -3.17. The summed E-state index contributed by atoms with van der Waals surface area (Å²) in [5.74, 6) is -1.42. The van der Waals surface area contributed by atoms with E-state index in [4.69, 9.17) is 5.11 Å². The van der Waals surface area contributed by atoms with Gasteiger partial charge in [-0.1, -0.05) is 0 Å². The van der Waals surface area contributed by atoms with E-state index < -0.39 is 40.3 Å². The molecule has 1 aromatic heterocycles. The van der Waals surface area contributed by atoms with Crippen molar-refractivity contribution in [2.45, 2.75) is 18.1 Å². The molecule has 0 aliphatic carbocycles. The van der Waals surface area contributed by atoms with Crippen LogP contribution >= 0.6 is 0 Å². The Morgan fingerprint density at radius 3 is 2.40 bits per heavy atom. The largest absolute Gasteiger partial charge is 0.480 e. The van der Waals surface area contributed by atoms with Gasteiger partial charge in [0.2, 0.25) is 0 Å². The second-order valence-corrected chi connectivity index (χ2v) is 5.90. The van der Waals surface area contributed by atoms with Crippen LogP contribution in [0.15, 0.2) is 11.2 Å². The lowest BCUT2D eigenvalue weighted by Crippen LogP contribution is -2.42. The minimum absolute atomic E-state index is 0.170. The topological polar surface area (TPSA) is 92.5 Å². The van der Waals surface area contributed by atoms with Gasteiger partial charge in [-0.3, -0.25) is 4.79 Å². The first-order chi connectivity index (χ1) is 8.93. The molecule has 0 bridgehead atoms. The fourth-order valence-corrected chi connectivity index (χ4v) is 2.76. The Balaban J connectivity index is 3.20. The number of aromatic nitrogens is 2. The van der Waals surface area contributed by atoms with E-state index in [9.17, 15) is 26.4 Å². The van der Waals surface area contributed by atoms with Crippen molar-refractivity contribution >= 4 is 16.0 Å². The molecule has 1 heterocycles. The lowest BCUT2D eigenvalue weighted by molar-refractivity contribution is -0.146. The Kier molecular flexibility index (Phi) is 4.44. The molecule has 1 N–H and O–H groups in total. The molecule has 0 saturated heterocycles. The van der Waals surface area contributed by atoms with Crippen LogP contribution in [0.2, 0.25) is 0 Å². The zero-order valence-electron chi connectivity index (χ0n) is 10.5. The van der Waals surface area contributed by atoms with Crippen LogP contribution in [0.25, 0.3) is 0 Å². The molecule has 1 aromatic rings. The van der Waals surface area contributed by atoms with Gasteiger partial charge in [-0.05, 0) is 6.92 Å². The number of aliphatic carboxylic acids is 1. The number of carboxylic acid groups (broad SMARTS) is 1. The molecule has 11 heteroatoms. The average molecular weight is 315 g/mol. The highest BCUT2D eigenvalue weighted by molar-refractivity contribution is 7.89. The van der Waals surface area contributed by atoms with Crippen LogP contribution < -0.4 is 0 Å². The predicted molar refractivity (Wildman–Crippen MR) is 60.4 cm³/mol. The first kappa shape index (κ1) is 16.4. The van der Waals surface area contributed by atoms with Crippen LogP contribution in [0.4, 0.5) is 13.2 Å². The van der Waals surface area contributed by atoms with E-state index in [0.29, 0.717) is 0 Å². The van der Waals surface area contributed by atoms with Gasteiger partial charge < -0.3 is 9.67 Å². The monoisotopic (exact) mass is 315 g/mol. The number of carboxylic acids is 1. The van der Waals surface area contributed by atoms with Crippen LogP contribution in [-0.2, 0) is 21.9 Å². The Hall–Kier alpha value is -1.62. The summed E-state index contributed by atoms with van der Waals surface area (Å²) < 4.78 is 62.2. The van der Waals surface area contributed by atoms with Crippen molar-refractivity contribution in [3.8, 4) is 0 Å². The van der Waals surface area contributed by atoms with E-state index >= 15 is 0 Å². The minimum atomic E-state index is -4.85. The number of rotatable bonds is 5. The fourth-order valence-electron chi connectivity index (χ4n) is 1.36. The maximum absolute atomic E-state index is 12.4. The van der Waals surface area contributed by atoms with Crippen molar-refractivity contribution in [2.24, 2.45) is 7.05 Å². The van der Waals surface area contributed by atoms with Crippen LogP contribution in [0.5, 0.6) is 0 Å². The lowest BCUT2D eigenvalue weighted by Gasteiger charge is -2.20. The lowest BCUT2D eigenvalue weighted by atomic mass is 10.6. The normalized spacial score (nSPS) is 12.9. The Morgan fingerprint density at radius 2 is 2.05 bits per heavy atom. The number of hydrogen-bond donors (Lipinski definition) is 1. The molecule has 20 heavy (non-hydrogen) atoms. The number of nitrogens with zero attached hydrogens (tertiary/aromatic N) is 3. The van der Waals surface area contributed by atoms with Crippen molar-refractivity contribution in [1.82, 2.24) is 13.9 Å². The Bertz CT molecular complexity index is 589. The van der Waals surface area contributed by atoms with Gasteiger partial charge in [0.15, 0.2) is 5.03 Å². The average Bonchev–Trinajstić information content (AvgIpc) is 2.56. The molecule has 0 aliphatic rings. The molecule has 0 unspecified atom stereocenters. The molecule has 0 saturated carbocycles. The molecular formula is C9H12F3N3O4S. The van der Waals surface area contributed by atoms with Crippen LogP contribution in [0, 0.1) is 6.92 Å². The van der Waals surface area contributed by atoms with Crippen molar-refractivity contribution < 1.29 is 31.5 Å². The predicted octanol–water partition coefficient (Wildman–Crippen LogP) is 0.366. The summed E-state index contributed by atoms with van der Waals surface area (Å²) in [6.07, 6.45) is -3.83. The van der Waals surface area contributed by atoms with Crippen molar-refractivity contribution in [1.29, 1.82) is 0 Å². The number of alkyl halides is 3. The molecule has 0 aromatic carbocycles. The van der Waals surface area contributed by atoms with E-state index in [1.165, 1.54) is 18.5 Å². The van der Waals surface area contributed by atoms with Crippen LogP contribution in [-0.4, -0.2) is 52.6 Å². The van der Waals surface area contributed by atoms with E-state index in [1.54, 1.807) is 0 Å². The van der Waals surface area contributed by atoms with E-state index in [1.807, 2.05) is 0 Å². The smallest absolute Gasteiger partial charge is 0.402 e. The summed E-state index contributed by atoms with van der Waals surface area (Å²) in [5, 5.41) is 7.93. The van der Waals surface area contributed by atoms with Gasteiger partial charge in [-0.2, -0.15) is 17.5 Å². The number of hydrogen-bond acceptors (Lipinski definition) is 4. The van der Waals surface area contributed by atoms with Crippen LogP contribution in [0.3, 0.4) is 0 Å². The van der Waals surface area contributed by atoms with Crippen molar-refractivity contribution in [3.63, 3.8) is 0 Å². The fraction of sp³-hybridized carbons (Fsp3) is 0.556. The van der Waals surface area contributed by atoms with Crippen molar-refractivity contribution in [2.75, 3.05) is 13.1 Å². The molecule has 0 fully saturated rings. The molecule has 0 atom stereocenters. The Labute approximate surface area is 112 Å². The molecule has 0 radical (unpaired) electrons. The highest BCUT2D eigenvalue weighted by atomic mass is 32.2. The quantitative estimate of drug-likeness (QED) is 0.847. The van der Waals surface area contributed by atoms with Gasteiger partial charge in [0.25, 0.3) is 10.0 Å². The summed E-state index contributed by atoms with van der Waals surface area (Å²) in [4.78, 5) is 14.2. The molecule has 0 spiro atoms. The third-order valence-corrected chi connectivity index (χ3v) is 4.02. The first-order valence-electron chi connectivity index (χ1n) is 5.22. The summed E-state index contributed by atoms with van der Waals surface area (Å²) in [6.45, 7) is -1.72. The first-order valence-corrected chi connectivity index (χ1v) is 6.66. The highest BCUT2D eigenvalue weighted by Gasteiger charge is 2.39. The van der Waals surface area contributed by atoms with E-state index in [-0.39, 0.29) is 10.1 Å². The molecule has 1 rings (SSSR count). The van der Waals surface area contributed by atoms with Gasteiger partial charge >= 0.3 is 12.1 Å². The summed E-state index contributed by atoms with van der Waals surface area (Å²) >= 11 is 0. The standard InChI is InChI=1S/C9H12F3N3O4S/c1-6-13-7(3-14(6)2)20(18,19)15(4-8(16)17)5-9(10,11)12/h3H,4-5H2,1-2H3,(H,16,17). The maximum Gasteiger partial charge on any atom is 0.402 e. The highest BCUT2D eigenvalue weighted by Crippen LogP contribution is 2.22. The zero-order chi connectivity index (χ0) is 15.7. The van der Waals surface area contributed by atoms with Crippen molar-refractivity contribution in [3.05, 3.63) is 12.0 Å². The number of aryl methyl sites for hydroxylation is 2. The second kappa shape index (κ2) is 5.40. The third kappa shape index (κ3) is 3.93. The minimum Gasteiger partial charge on any atom is -0.480 e. The maximum atomic E-state index is 12.4. The SMILES string of the molecule is Cc1nc(S(=O)(=O)N(CC(=O)O)CC(F)(F)F)cn1C. The summed E-state index contributed by atoms with van der Waals surface area (Å²) in [6, 6.07) is 0. The zero-order valence-corrected chi connectivity index (χ0v) is 11.4. The Morgan fingerprint density at radius 1 is 1.50 bits per heavy atom. The van der Waals surface area contributed by atoms with Gasteiger partial charge in [0.05, 0.1) is 0 Å². The summed E-state index contributed by atoms with van der Waals surface area (Å²) in [5.41, 5.74) is 0. The second-order valence-electron chi connectivity index (χ2n) is 4.02. The van der Waals surface area contributed by atoms with E-state index in [0.717, 1.165) is 6.20 Å². The molecule has 0 amide bonds. The molecule has 114 valence electrons. The van der Waals surface area contributed by atoms with E-state index in [2.05, 4.69) is 4.98 Å². The van der Waals surface area contributed by atoms with Gasteiger partial charge in [0, 0.05) is 13.2 Å². The number of halogens is 3. The molecular weight excluding hydrogens is 303 g/mol. The molecule has 7 nitrogen and oxygen atoms in total.